The lowest BCUT2D eigenvalue weighted by atomic mass is 10.2. The molecule has 9 heteroatoms. The summed E-state index contributed by atoms with van der Waals surface area (Å²) in [6, 6.07) is 4.99. The first-order chi connectivity index (χ1) is 9.13. The summed E-state index contributed by atoms with van der Waals surface area (Å²) in [7, 11) is 0. The van der Waals surface area contributed by atoms with Crippen LogP contribution >= 0.6 is 23.6 Å². The van der Waals surface area contributed by atoms with E-state index in [1.165, 1.54) is 11.3 Å². The molecule has 3 aromatic rings. The Bertz CT molecular complexity index is 736. The second-order valence-corrected chi connectivity index (χ2v) is 5.15. The first-order valence-corrected chi connectivity index (χ1v) is 6.47. The van der Waals surface area contributed by atoms with E-state index in [2.05, 4.69) is 20.6 Å². The monoisotopic (exact) mass is 293 g/mol. The van der Waals surface area contributed by atoms with Crippen LogP contribution in [0.25, 0.3) is 15.5 Å². The number of nitrogens with two attached hydrogens (primary N) is 1. The van der Waals surface area contributed by atoms with Gasteiger partial charge in [-0.05, 0) is 41.8 Å². The molecule has 2 aromatic heterocycles. The third kappa shape index (κ3) is 2.20. The molecule has 0 radical (unpaired) electrons. The molecule has 96 valence electrons. The molecule has 0 bridgehead atoms. The van der Waals surface area contributed by atoms with E-state index in [0.29, 0.717) is 16.3 Å². The first-order valence-electron chi connectivity index (χ1n) is 5.25. The zero-order valence-corrected chi connectivity index (χ0v) is 11.1. The van der Waals surface area contributed by atoms with Gasteiger partial charge in [-0.15, -0.1) is 5.10 Å². The van der Waals surface area contributed by atoms with Crippen LogP contribution in [0.15, 0.2) is 24.5 Å². The van der Waals surface area contributed by atoms with Crippen molar-refractivity contribution >= 4 is 39.3 Å². The highest BCUT2D eigenvalue weighted by atomic mass is 32.1. The van der Waals surface area contributed by atoms with E-state index >= 15 is 0 Å². The van der Waals surface area contributed by atoms with Crippen LogP contribution < -0.4 is 15.6 Å². The van der Waals surface area contributed by atoms with Gasteiger partial charge in [0.15, 0.2) is 10.1 Å². The van der Waals surface area contributed by atoms with E-state index in [9.17, 15) is 5.11 Å². The highest BCUT2D eigenvalue weighted by Crippen LogP contribution is 2.33. The summed E-state index contributed by atoms with van der Waals surface area (Å²) in [5.74, 6) is 0.137. The SMILES string of the molecule is NC(=S)Nc1ccc(O)c(-c2n[n+]3cn[nH]c3s2)c1. The number of phenolic OH excluding ortho intramolecular Hbond substituents is 1. The summed E-state index contributed by atoms with van der Waals surface area (Å²) in [6.07, 6.45) is 1.56. The number of hydrogen-bond donors (Lipinski definition) is 4. The molecule has 0 atom stereocenters. The van der Waals surface area contributed by atoms with Crippen LogP contribution in [-0.4, -0.2) is 25.5 Å². The van der Waals surface area contributed by atoms with Gasteiger partial charge < -0.3 is 16.2 Å². The molecule has 0 saturated heterocycles. The standard InChI is InChI=1S/C10H8N6OS2/c11-9(18)13-5-1-2-7(17)6(3-5)8-15-16-4-12-14-10(16)19-8/h1-4H,(H4,11,13,15,17,18)/p+1. The van der Waals surface area contributed by atoms with Crippen LogP contribution in [0.5, 0.6) is 5.75 Å². The van der Waals surface area contributed by atoms with Crippen molar-refractivity contribution < 1.29 is 9.62 Å². The smallest absolute Gasteiger partial charge is 0.342 e. The summed E-state index contributed by atoms with van der Waals surface area (Å²) < 4.78 is 1.60. The van der Waals surface area contributed by atoms with Crippen LogP contribution in [-0.2, 0) is 0 Å². The number of fused-ring (bicyclic) bond motifs is 1. The van der Waals surface area contributed by atoms with Gasteiger partial charge in [-0.25, -0.2) is 0 Å². The van der Waals surface area contributed by atoms with Crippen molar-refractivity contribution in [1.29, 1.82) is 0 Å². The molecule has 5 N–H and O–H groups in total. The fourth-order valence-electron chi connectivity index (χ4n) is 1.63. The molecule has 0 amide bonds. The van der Waals surface area contributed by atoms with Crippen molar-refractivity contribution in [3.05, 3.63) is 24.5 Å². The third-order valence-corrected chi connectivity index (χ3v) is 3.49. The largest absolute Gasteiger partial charge is 0.507 e. The van der Waals surface area contributed by atoms with Crippen LogP contribution in [0.1, 0.15) is 0 Å². The molecule has 7 nitrogen and oxygen atoms in total. The number of anilines is 1. The highest BCUT2D eigenvalue weighted by molar-refractivity contribution is 7.80. The van der Waals surface area contributed by atoms with E-state index in [1.54, 1.807) is 29.0 Å². The number of H-pyrrole nitrogens is 1. The number of thiocarbonyl (C=S) groups is 1. The predicted octanol–water partition coefficient (Wildman–Crippen LogP) is 0.633. The first kappa shape index (κ1) is 11.8. The zero-order chi connectivity index (χ0) is 13.4. The molecule has 19 heavy (non-hydrogen) atoms. The minimum atomic E-state index is 0.137. The van der Waals surface area contributed by atoms with E-state index < -0.39 is 0 Å². The number of rotatable bonds is 2. The van der Waals surface area contributed by atoms with Crippen molar-refractivity contribution in [3.8, 4) is 16.3 Å². The number of nitrogens with zero attached hydrogens (tertiary/aromatic N) is 3. The molecule has 0 unspecified atom stereocenters. The molecule has 0 aliphatic carbocycles. The number of hydrogen-bond acceptors (Lipinski definition) is 5. The van der Waals surface area contributed by atoms with Gasteiger partial charge in [0.1, 0.15) is 5.75 Å². The van der Waals surface area contributed by atoms with Crippen molar-refractivity contribution in [1.82, 2.24) is 15.3 Å². The number of aromatic nitrogens is 4. The Labute approximate surface area is 116 Å². The summed E-state index contributed by atoms with van der Waals surface area (Å²) >= 11 is 6.16. The summed E-state index contributed by atoms with van der Waals surface area (Å²) in [5.41, 5.74) is 6.72. The van der Waals surface area contributed by atoms with Gasteiger partial charge in [-0.1, -0.05) is 9.61 Å². The van der Waals surface area contributed by atoms with Gasteiger partial charge in [0.2, 0.25) is 0 Å². The van der Waals surface area contributed by atoms with Gasteiger partial charge >= 0.3 is 4.96 Å². The number of phenols is 1. The maximum absolute atomic E-state index is 9.92. The Kier molecular flexibility index (Phi) is 2.76. The van der Waals surface area contributed by atoms with Crippen LogP contribution in [0.4, 0.5) is 5.69 Å². The van der Waals surface area contributed by atoms with Crippen LogP contribution in [0.2, 0.25) is 0 Å². The highest BCUT2D eigenvalue weighted by Gasteiger charge is 2.16. The molecule has 2 heterocycles. The van der Waals surface area contributed by atoms with Gasteiger partial charge in [0.25, 0.3) is 6.33 Å². The van der Waals surface area contributed by atoms with Crippen molar-refractivity contribution in [2.24, 2.45) is 5.73 Å². The lowest BCUT2D eigenvalue weighted by Crippen LogP contribution is -2.19. The molecule has 0 aliphatic heterocycles. The maximum atomic E-state index is 9.92. The Balaban J connectivity index is 2.07. The molecule has 1 aromatic carbocycles. The van der Waals surface area contributed by atoms with Gasteiger partial charge in [0, 0.05) is 10.8 Å². The summed E-state index contributed by atoms with van der Waals surface area (Å²) in [4.78, 5) is 0.780. The molecule has 3 rings (SSSR count). The van der Waals surface area contributed by atoms with E-state index in [0.717, 1.165) is 4.96 Å². The summed E-state index contributed by atoms with van der Waals surface area (Å²) in [6.45, 7) is 0. The van der Waals surface area contributed by atoms with E-state index in [4.69, 9.17) is 18.0 Å². The Morgan fingerprint density at radius 3 is 3.11 bits per heavy atom. The minimum absolute atomic E-state index is 0.137. The van der Waals surface area contributed by atoms with Gasteiger partial charge in [-0.3, -0.25) is 0 Å². The molecule has 0 spiro atoms. The van der Waals surface area contributed by atoms with Crippen molar-refractivity contribution in [3.63, 3.8) is 0 Å². The lowest BCUT2D eigenvalue weighted by Gasteiger charge is -2.06. The van der Waals surface area contributed by atoms with Gasteiger partial charge in [-0.2, -0.15) is 0 Å². The normalized spacial score (nSPS) is 10.7. The van der Waals surface area contributed by atoms with Crippen molar-refractivity contribution in [2.45, 2.75) is 0 Å². The molecular weight excluding hydrogens is 284 g/mol. The Hall–Kier alpha value is -2.26. The van der Waals surface area contributed by atoms with E-state index in [-0.39, 0.29) is 10.9 Å². The average Bonchev–Trinajstić information content (AvgIpc) is 2.91. The summed E-state index contributed by atoms with van der Waals surface area (Å²) in [5, 5.41) is 24.5. The molecular formula is C10H9N6OS2+. The number of benzene rings is 1. The number of nitrogens with one attached hydrogen (secondary N) is 2. The third-order valence-electron chi connectivity index (χ3n) is 2.42. The topological polar surface area (TPSA) is 104 Å². The Morgan fingerprint density at radius 1 is 1.53 bits per heavy atom. The maximum Gasteiger partial charge on any atom is 0.342 e. The number of aromatic hydroxyl groups is 1. The Morgan fingerprint density at radius 2 is 2.37 bits per heavy atom. The predicted molar refractivity (Wildman–Crippen MR) is 74.9 cm³/mol. The average molecular weight is 293 g/mol. The molecule has 0 fully saturated rings. The molecule has 0 saturated carbocycles. The number of aromatic amines is 1. The fourth-order valence-corrected chi connectivity index (χ4v) is 2.61. The minimum Gasteiger partial charge on any atom is -0.507 e. The second kappa shape index (κ2) is 4.44. The van der Waals surface area contributed by atoms with E-state index in [1.807, 2.05) is 0 Å². The van der Waals surface area contributed by atoms with Crippen molar-refractivity contribution in [2.75, 3.05) is 5.32 Å². The lowest BCUT2D eigenvalue weighted by molar-refractivity contribution is -0.575. The molecule has 0 aliphatic rings. The van der Waals surface area contributed by atoms with Crippen LogP contribution in [0, 0.1) is 0 Å². The quantitative estimate of drug-likeness (QED) is 0.314. The van der Waals surface area contributed by atoms with Gasteiger partial charge in [0.05, 0.1) is 5.56 Å². The fraction of sp³-hybridized carbons (Fsp3) is 0. The van der Waals surface area contributed by atoms with Crippen LogP contribution in [0.3, 0.4) is 0 Å². The zero-order valence-electron chi connectivity index (χ0n) is 9.49. The second-order valence-electron chi connectivity index (χ2n) is 3.73.